The molecule has 0 aliphatic rings. The van der Waals surface area contributed by atoms with Crippen LogP contribution in [0.2, 0.25) is 0 Å². The van der Waals surface area contributed by atoms with Crippen molar-refractivity contribution in [3.8, 4) is 0 Å². The Balaban J connectivity index is 3.32. The van der Waals surface area contributed by atoms with Crippen LogP contribution in [-0.4, -0.2) is 17.0 Å². The fraction of sp³-hybridized carbons (Fsp3) is 0.200. The number of nitrogens with one attached hydrogen (secondary N) is 1. The molecule has 0 bridgehead atoms. The van der Waals surface area contributed by atoms with E-state index in [2.05, 4.69) is 5.32 Å². The summed E-state index contributed by atoms with van der Waals surface area (Å²) in [6, 6.07) is 3.54. The van der Waals surface area contributed by atoms with E-state index in [0.717, 1.165) is 6.07 Å². The summed E-state index contributed by atoms with van der Waals surface area (Å²) in [5.74, 6) is -2.02. The zero-order chi connectivity index (χ0) is 12.3. The van der Waals surface area contributed by atoms with Gasteiger partial charge in [0.25, 0.3) is 6.43 Å². The maximum absolute atomic E-state index is 12.5. The maximum Gasteiger partial charge on any atom is 0.338 e. The van der Waals surface area contributed by atoms with Crippen LogP contribution in [0.3, 0.4) is 0 Å². The van der Waals surface area contributed by atoms with E-state index in [-0.39, 0.29) is 5.69 Å². The number of hydrogen-bond donors (Lipinski definition) is 2. The molecule has 0 aliphatic carbocycles. The summed E-state index contributed by atoms with van der Waals surface area (Å²) < 4.78 is 25.1. The number of rotatable bonds is 3. The molecule has 1 amide bonds. The highest BCUT2D eigenvalue weighted by molar-refractivity contribution is 6.01. The minimum Gasteiger partial charge on any atom is -0.478 e. The van der Waals surface area contributed by atoms with E-state index in [1.165, 1.54) is 19.1 Å². The minimum absolute atomic E-state index is 0.127. The Morgan fingerprint density at radius 2 is 2.00 bits per heavy atom. The monoisotopic (exact) mass is 229 g/mol. The number of benzene rings is 1. The molecule has 1 aromatic rings. The van der Waals surface area contributed by atoms with Gasteiger partial charge in [-0.05, 0) is 6.07 Å². The minimum atomic E-state index is -2.90. The lowest BCUT2D eigenvalue weighted by Crippen LogP contribution is -2.13. The van der Waals surface area contributed by atoms with Gasteiger partial charge in [0.2, 0.25) is 5.91 Å². The molecule has 0 unspecified atom stereocenters. The third-order valence-electron chi connectivity index (χ3n) is 1.86. The van der Waals surface area contributed by atoms with E-state index < -0.39 is 29.4 Å². The van der Waals surface area contributed by atoms with E-state index in [1.54, 1.807) is 0 Å². The third kappa shape index (κ3) is 2.53. The van der Waals surface area contributed by atoms with E-state index in [1.807, 2.05) is 0 Å². The highest BCUT2D eigenvalue weighted by atomic mass is 19.3. The summed E-state index contributed by atoms with van der Waals surface area (Å²) in [5.41, 5.74) is -1.32. The Kier molecular flexibility index (Phi) is 3.55. The van der Waals surface area contributed by atoms with Gasteiger partial charge in [-0.2, -0.15) is 0 Å². The van der Waals surface area contributed by atoms with Crippen LogP contribution in [0, 0.1) is 0 Å². The number of carboxylic acids is 1. The molecule has 6 heteroatoms. The van der Waals surface area contributed by atoms with Crippen LogP contribution in [0.15, 0.2) is 18.2 Å². The van der Waals surface area contributed by atoms with Crippen molar-refractivity contribution in [3.05, 3.63) is 29.3 Å². The van der Waals surface area contributed by atoms with Crippen molar-refractivity contribution in [3.63, 3.8) is 0 Å². The molecule has 0 spiro atoms. The number of carboxylic acid groups (broad SMARTS) is 1. The summed E-state index contributed by atoms with van der Waals surface area (Å²) in [6.45, 7) is 1.17. The van der Waals surface area contributed by atoms with Gasteiger partial charge in [-0.1, -0.05) is 12.1 Å². The SMILES string of the molecule is CC(=O)Nc1cccc(C(F)F)c1C(=O)O. The molecule has 1 rings (SSSR count). The number of anilines is 1. The summed E-state index contributed by atoms with van der Waals surface area (Å²) in [7, 11) is 0. The van der Waals surface area contributed by atoms with E-state index >= 15 is 0 Å². The first-order valence-corrected chi connectivity index (χ1v) is 4.35. The molecular weight excluding hydrogens is 220 g/mol. The molecule has 1 aromatic carbocycles. The standard InChI is InChI=1S/C10H9F2NO3/c1-5(14)13-7-4-2-3-6(9(11)12)8(7)10(15)16/h2-4,9H,1H3,(H,13,14)(H,15,16). The molecule has 0 aromatic heterocycles. The number of carbonyl (C=O) groups excluding carboxylic acids is 1. The van der Waals surface area contributed by atoms with Crippen LogP contribution < -0.4 is 5.32 Å². The highest BCUT2D eigenvalue weighted by Crippen LogP contribution is 2.28. The van der Waals surface area contributed by atoms with Crippen LogP contribution in [0.1, 0.15) is 29.3 Å². The maximum atomic E-state index is 12.5. The summed E-state index contributed by atoms with van der Waals surface area (Å²) in [6.07, 6.45) is -2.90. The first-order valence-electron chi connectivity index (χ1n) is 4.35. The van der Waals surface area contributed by atoms with Crippen LogP contribution in [0.4, 0.5) is 14.5 Å². The second-order valence-electron chi connectivity index (χ2n) is 3.06. The third-order valence-corrected chi connectivity index (χ3v) is 1.86. The lowest BCUT2D eigenvalue weighted by atomic mass is 10.1. The van der Waals surface area contributed by atoms with Crippen molar-refractivity contribution in [2.45, 2.75) is 13.3 Å². The Labute approximate surface area is 89.9 Å². The average Bonchev–Trinajstić information content (AvgIpc) is 2.15. The highest BCUT2D eigenvalue weighted by Gasteiger charge is 2.21. The molecule has 86 valence electrons. The van der Waals surface area contributed by atoms with E-state index in [4.69, 9.17) is 5.11 Å². The van der Waals surface area contributed by atoms with Crippen molar-refractivity contribution in [1.29, 1.82) is 0 Å². The zero-order valence-corrected chi connectivity index (χ0v) is 8.33. The molecule has 0 heterocycles. The molecule has 16 heavy (non-hydrogen) atoms. The number of hydrogen-bond acceptors (Lipinski definition) is 2. The quantitative estimate of drug-likeness (QED) is 0.835. The number of amides is 1. The van der Waals surface area contributed by atoms with Crippen molar-refractivity contribution in [2.75, 3.05) is 5.32 Å². The van der Waals surface area contributed by atoms with Gasteiger partial charge in [-0.15, -0.1) is 0 Å². The zero-order valence-electron chi connectivity index (χ0n) is 8.33. The Hall–Kier alpha value is -1.98. The van der Waals surface area contributed by atoms with Crippen LogP contribution in [0.5, 0.6) is 0 Å². The number of alkyl halides is 2. The lowest BCUT2D eigenvalue weighted by Gasteiger charge is -2.10. The van der Waals surface area contributed by atoms with Gasteiger partial charge in [0.05, 0.1) is 11.3 Å². The van der Waals surface area contributed by atoms with Crippen molar-refractivity contribution in [2.24, 2.45) is 0 Å². The van der Waals surface area contributed by atoms with Gasteiger partial charge in [0, 0.05) is 12.5 Å². The van der Waals surface area contributed by atoms with Crippen molar-refractivity contribution in [1.82, 2.24) is 0 Å². The van der Waals surface area contributed by atoms with Gasteiger partial charge >= 0.3 is 5.97 Å². The first-order chi connectivity index (χ1) is 7.43. The van der Waals surface area contributed by atoms with E-state index in [0.29, 0.717) is 0 Å². The van der Waals surface area contributed by atoms with Gasteiger partial charge in [0.1, 0.15) is 0 Å². The average molecular weight is 229 g/mol. The Morgan fingerprint density at radius 3 is 2.44 bits per heavy atom. The smallest absolute Gasteiger partial charge is 0.338 e. The van der Waals surface area contributed by atoms with Gasteiger partial charge in [0.15, 0.2) is 0 Å². The molecule has 2 N–H and O–H groups in total. The van der Waals surface area contributed by atoms with Crippen molar-refractivity contribution >= 4 is 17.6 Å². The molecule has 0 radical (unpaired) electrons. The first kappa shape index (κ1) is 12.1. The predicted octanol–water partition coefficient (Wildman–Crippen LogP) is 2.28. The topological polar surface area (TPSA) is 66.4 Å². The largest absolute Gasteiger partial charge is 0.478 e. The Morgan fingerprint density at radius 1 is 1.38 bits per heavy atom. The summed E-state index contributed by atoms with van der Waals surface area (Å²) in [4.78, 5) is 21.6. The number of halogens is 2. The molecule has 0 fully saturated rings. The molecule has 0 saturated heterocycles. The van der Waals surface area contributed by atoms with Crippen LogP contribution in [-0.2, 0) is 4.79 Å². The number of aromatic carboxylic acids is 1. The summed E-state index contributed by atoms with van der Waals surface area (Å²) >= 11 is 0. The molecule has 4 nitrogen and oxygen atoms in total. The van der Waals surface area contributed by atoms with Gasteiger partial charge in [-0.25, -0.2) is 13.6 Å². The van der Waals surface area contributed by atoms with Crippen LogP contribution in [0.25, 0.3) is 0 Å². The lowest BCUT2D eigenvalue weighted by molar-refractivity contribution is -0.114. The molecular formula is C10H9F2NO3. The number of carbonyl (C=O) groups is 2. The second kappa shape index (κ2) is 4.69. The fourth-order valence-corrected chi connectivity index (χ4v) is 1.28. The van der Waals surface area contributed by atoms with Crippen molar-refractivity contribution < 1.29 is 23.5 Å². The van der Waals surface area contributed by atoms with Crippen LogP contribution >= 0.6 is 0 Å². The predicted molar refractivity (Wildman–Crippen MR) is 52.7 cm³/mol. The van der Waals surface area contributed by atoms with Gasteiger partial charge < -0.3 is 10.4 Å². The van der Waals surface area contributed by atoms with Gasteiger partial charge in [-0.3, -0.25) is 4.79 Å². The molecule has 0 atom stereocenters. The summed E-state index contributed by atoms with van der Waals surface area (Å²) in [5, 5.41) is 11.0. The normalized spacial score (nSPS) is 10.2. The Bertz CT molecular complexity index is 432. The molecule has 0 saturated carbocycles. The molecule has 0 aliphatic heterocycles. The van der Waals surface area contributed by atoms with E-state index in [9.17, 15) is 18.4 Å². The second-order valence-corrected chi connectivity index (χ2v) is 3.06. The fourth-order valence-electron chi connectivity index (χ4n) is 1.28.